The van der Waals surface area contributed by atoms with Gasteiger partial charge in [0, 0.05) is 44.7 Å². The Morgan fingerprint density at radius 1 is 1.30 bits per heavy atom. The highest BCUT2D eigenvalue weighted by atomic mass is 32.2. The zero-order valence-electron chi connectivity index (χ0n) is 15.7. The monoisotopic (exact) mass is 407 g/mol. The fourth-order valence-corrected chi connectivity index (χ4v) is 6.35. The lowest BCUT2D eigenvalue weighted by Crippen LogP contribution is -2.39. The van der Waals surface area contributed by atoms with Crippen molar-refractivity contribution >= 4 is 21.8 Å². The van der Waals surface area contributed by atoms with Crippen molar-refractivity contribution in [1.29, 1.82) is 0 Å². The van der Waals surface area contributed by atoms with Gasteiger partial charge in [0.05, 0.1) is 4.90 Å². The first-order chi connectivity index (χ1) is 12.9. The summed E-state index contributed by atoms with van der Waals surface area (Å²) in [5.74, 6) is 2.31. The second kappa shape index (κ2) is 7.48. The van der Waals surface area contributed by atoms with E-state index in [1.807, 2.05) is 24.7 Å². The molecule has 27 heavy (non-hydrogen) atoms. The zero-order valence-corrected chi connectivity index (χ0v) is 17.3. The third kappa shape index (κ3) is 3.88. The Labute approximate surface area is 165 Å². The molecule has 1 unspecified atom stereocenters. The summed E-state index contributed by atoms with van der Waals surface area (Å²) in [5, 5.41) is 1.01. The number of nitrogens with zero attached hydrogens (tertiary/aromatic N) is 3. The van der Waals surface area contributed by atoms with E-state index in [2.05, 4.69) is 4.98 Å². The number of fused-ring (bicyclic) bond motifs is 1. The molecule has 0 N–H and O–H groups in total. The van der Waals surface area contributed by atoms with E-state index < -0.39 is 10.0 Å². The van der Waals surface area contributed by atoms with Crippen LogP contribution in [0.3, 0.4) is 0 Å². The molecule has 0 amide bonds. The summed E-state index contributed by atoms with van der Waals surface area (Å²) in [7, 11) is -1.44. The van der Waals surface area contributed by atoms with Crippen molar-refractivity contribution in [1.82, 2.24) is 13.9 Å². The van der Waals surface area contributed by atoms with Crippen LogP contribution < -0.4 is 4.74 Å². The van der Waals surface area contributed by atoms with Crippen LogP contribution in [0.25, 0.3) is 0 Å². The molecular weight excluding hydrogens is 382 g/mol. The van der Waals surface area contributed by atoms with Gasteiger partial charge in [-0.15, -0.1) is 0 Å². The van der Waals surface area contributed by atoms with Crippen LogP contribution in [0, 0.1) is 5.92 Å². The van der Waals surface area contributed by atoms with E-state index in [9.17, 15) is 8.42 Å². The topological polar surface area (TPSA) is 64.4 Å². The van der Waals surface area contributed by atoms with E-state index in [1.54, 1.807) is 40.5 Å². The quantitative estimate of drug-likeness (QED) is 0.713. The minimum Gasteiger partial charge on any atom is -0.490 e. The Hall–Kier alpha value is -1.51. The molecule has 2 aliphatic rings. The second-order valence-corrected chi connectivity index (χ2v) is 10.3. The van der Waals surface area contributed by atoms with Crippen LogP contribution in [0.15, 0.2) is 40.6 Å². The van der Waals surface area contributed by atoms with Crippen LogP contribution >= 0.6 is 11.8 Å². The van der Waals surface area contributed by atoms with Gasteiger partial charge in [-0.1, -0.05) is 11.8 Å². The molecule has 0 spiro atoms. The number of benzene rings is 1. The van der Waals surface area contributed by atoms with E-state index in [1.165, 1.54) is 0 Å². The number of piperidine rings is 1. The number of hydrogen-bond donors (Lipinski definition) is 0. The largest absolute Gasteiger partial charge is 0.490 e. The Morgan fingerprint density at radius 3 is 2.78 bits per heavy atom. The highest BCUT2D eigenvalue weighted by molar-refractivity contribution is 7.99. The van der Waals surface area contributed by atoms with Gasteiger partial charge in [0.1, 0.15) is 11.9 Å². The van der Waals surface area contributed by atoms with E-state index in [0.29, 0.717) is 23.9 Å². The van der Waals surface area contributed by atoms with Crippen LogP contribution in [0.2, 0.25) is 0 Å². The first-order valence-electron chi connectivity index (χ1n) is 9.33. The number of ether oxygens (including phenoxy) is 1. The molecule has 1 atom stereocenters. The number of thioether (sulfide) groups is 1. The molecule has 1 aromatic carbocycles. The Kier molecular flexibility index (Phi) is 5.22. The fourth-order valence-electron chi connectivity index (χ4n) is 3.71. The van der Waals surface area contributed by atoms with Crippen LogP contribution in [0.5, 0.6) is 5.75 Å². The van der Waals surface area contributed by atoms with Crippen molar-refractivity contribution < 1.29 is 13.2 Å². The standard InChI is InChI=1S/C19H25N3O3S2/c1-14-11-16-12-17(3-4-18(16)25-14)27(23,24)22-8-5-15(6-9-22)13-26-19-20-7-10-21(19)2/h3-4,7,10,12,14-15H,5-6,8-9,11,13H2,1-2H3. The molecule has 6 nitrogen and oxygen atoms in total. The maximum absolute atomic E-state index is 13.0. The van der Waals surface area contributed by atoms with Crippen molar-refractivity contribution in [2.24, 2.45) is 13.0 Å². The second-order valence-electron chi connectivity index (χ2n) is 7.38. The maximum Gasteiger partial charge on any atom is 0.243 e. The molecule has 0 aliphatic carbocycles. The Morgan fingerprint density at radius 2 is 2.07 bits per heavy atom. The molecule has 4 rings (SSSR count). The number of aromatic nitrogens is 2. The summed E-state index contributed by atoms with van der Waals surface area (Å²) in [6.45, 7) is 3.16. The van der Waals surface area contributed by atoms with Gasteiger partial charge in [0.25, 0.3) is 0 Å². The average molecular weight is 408 g/mol. The molecule has 0 bridgehead atoms. The maximum atomic E-state index is 13.0. The molecule has 1 aromatic heterocycles. The molecule has 0 radical (unpaired) electrons. The van der Waals surface area contributed by atoms with Crippen LogP contribution in [-0.4, -0.2) is 47.2 Å². The first kappa shape index (κ1) is 18.8. The summed E-state index contributed by atoms with van der Waals surface area (Å²) in [6.07, 6.45) is 6.42. The third-order valence-electron chi connectivity index (χ3n) is 5.30. The van der Waals surface area contributed by atoms with Crippen molar-refractivity contribution in [2.75, 3.05) is 18.8 Å². The van der Waals surface area contributed by atoms with Crippen LogP contribution in [-0.2, 0) is 23.5 Å². The molecular formula is C19H25N3O3S2. The Balaban J connectivity index is 1.37. The van der Waals surface area contributed by atoms with Gasteiger partial charge in [-0.3, -0.25) is 0 Å². The zero-order chi connectivity index (χ0) is 19.0. The molecule has 146 valence electrons. The summed E-state index contributed by atoms with van der Waals surface area (Å²) in [5.41, 5.74) is 0.991. The Bertz CT molecular complexity index is 918. The fraction of sp³-hybridized carbons (Fsp3) is 0.526. The molecule has 0 saturated carbocycles. The molecule has 1 saturated heterocycles. The molecule has 1 fully saturated rings. The van der Waals surface area contributed by atoms with Gasteiger partial charge >= 0.3 is 0 Å². The average Bonchev–Trinajstić information content (AvgIpc) is 3.23. The van der Waals surface area contributed by atoms with Gasteiger partial charge in [0.15, 0.2) is 5.16 Å². The summed E-state index contributed by atoms with van der Waals surface area (Å²) in [4.78, 5) is 4.73. The highest BCUT2D eigenvalue weighted by Gasteiger charge is 2.31. The number of sulfonamides is 1. The minimum atomic E-state index is -3.43. The SMILES string of the molecule is CC1Cc2cc(S(=O)(=O)N3CCC(CSc4nccn4C)CC3)ccc2O1. The third-order valence-corrected chi connectivity index (χ3v) is 8.49. The smallest absolute Gasteiger partial charge is 0.243 e. The molecule has 3 heterocycles. The lowest BCUT2D eigenvalue weighted by atomic mass is 10.0. The predicted octanol–water partition coefficient (Wildman–Crippen LogP) is 2.94. The van der Waals surface area contributed by atoms with Crippen molar-refractivity contribution in [2.45, 2.75) is 42.3 Å². The van der Waals surface area contributed by atoms with Gasteiger partial charge in [-0.05, 0) is 49.4 Å². The van der Waals surface area contributed by atoms with Crippen molar-refractivity contribution in [3.8, 4) is 5.75 Å². The molecule has 2 aliphatic heterocycles. The van der Waals surface area contributed by atoms with E-state index in [4.69, 9.17) is 4.74 Å². The van der Waals surface area contributed by atoms with Gasteiger partial charge in [-0.2, -0.15) is 4.31 Å². The lowest BCUT2D eigenvalue weighted by Gasteiger charge is -2.31. The normalized spacial score (nSPS) is 21.2. The minimum absolute atomic E-state index is 0.116. The lowest BCUT2D eigenvalue weighted by molar-refractivity contribution is 0.254. The number of imidazole rings is 1. The van der Waals surface area contributed by atoms with E-state index in [0.717, 1.165) is 41.5 Å². The van der Waals surface area contributed by atoms with Crippen LogP contribution in [0.1, 0.15) is 25.3 Å². The van der Waals surface area contributed by atoms with Crippen molar-refractivity contribution in [3.63, 3.8) is 0 Å². The van der Waals surface area contributed by atoms with Crippen molar-refractivity contribution in [3.05, 3.63) is 36.2 Å². The highest BCUT2D eigenvalue weighted by Crippen LogP contribution is 2.33. The number of hydrogen-bond acceptors (Lipinski definition) is 5. The van der Waals surface area contributed by atoms with Gasteiger partial charge < -0.3 is 9.30 Å². The number of aryl methyl sites for hydroxylation is 1. The van der Waals surface area contributed by atoms with Gasteiger partial charge in [-0.25, -0.2) is 13.4 Å². The molecule has 8 heteroatoms. The summed E-state index contributed by atoms with van der Waals surface area (Å²) >= 11 is 1.75. The molecule has 2 aromatic rings. The van der Waals surface area contributed by atoms with E-state index in [-0.39, 0.29) is 6.10 Å². The first-order valence-corrected chi connectivity index (χ1v) is 11.8. The van der Waals surface area contributed by atoms with Gasteiger partial charge in [0.2, 0.25) is 10.0 Å². The predicted molar refractivity (Wildman–Crippen MR) is 106 cm³/mol. The van der Waals surface area contributed by atoms with Crippen LogP contribution in [0.4, 0.5) is 0 Å². The van der Waals surface area contributed by atoms with E-state index >= 15 is 0 Å². The summed E-state index contributed by atoms with van der Waals surface area (Å²) < 4.78 is 35.4. The summed E-state index contributed by atoms with van der Waals surface area (Å²) in [6, 6.07) is 5.26. The number of rotatable bonds is 5.